The zero-order valence-corrected chi connectivity index (χ0v) is 10.7. The Kier molecular flexibility index (Phi) is 5.60. The quantitative estimate of drug-likeness (QED) is 0.485. The first-order valence-electron chi connectivity index (χ1n) is 5.90. The largest absolute Gasteiger partial charge is 0.508 e. The molecule has 0 fully saturated rings. The van der Waals surface area contributed by atoms with Gasteiger partial charge in [-0.1, -0.05) is 13.5 Å². The van der Waals surface area contributed by atoms with E-state index >= 15 is 0 Å². The molecule has 5 nitrogen and oxygen atoms in total. The fraction of sp³-hybridized carbons (Fsp3) is 0.286. The van der Waals surface area contributed by atoms with E-state index < -0.39 is 18.2 Å². The average molecular weight is 264 g/mol. The molecule has 0 aromatic heterocycles. The molecule has 1 aromatic carbocycles. The van der Waals surface area contributed by atoms with E-state index in [1.54, 1.807) is 0 Å². The molecule has 0 spiro atoms. The molecule has 1 unspecified atom stereocenters. The number of carbonyl (C=O) groups is 2. The van der Waals surface area contributed by atoms with Crippen molar-refractivity contribution in [1.82, 2.24) is 0 Å². The number of carbonyl (C=O) groups excluding carboxylic acids is 2. The number of ether oxygens (including phenoxy) is 2. The Bertz CT molecular complexity index is 449. The van der Waals surface area contributed by atoms with E-state index in [1.165, 1.54) is 24.3 Å². The number of rotatable bonds is 6. The fourth-order valence-electron chi connectivity index (χ4n) is 1.34. The Morgan fingerprint density at radius 2 is 1.95 bits per heavy atom. The summed E-state index contributed by atoms with van der Waals surface area (Å²) >= 11 is 0. The van der Waals surface area contributed by atoms with Gasteiger partial charge >= 0.3 is 11.9 Å². The highest BCUT2D eigenvalue weighted by atomic mass is 16.7. The van der Waals surface area contributed by atoms with Gasteiger partial charge in [-0.15, -0.1) is 0 Å². The van der Waals surface area contributed by atoms with E-state index in [4.69, 9.17) is 14.6 Å². The first-order valence-corrected chi connectivity index (χ1v) is 5.90. The summed E-state index contributed by atoms with van der Waals surface area (Å²) in [6, 6.07) is 5.61. The molecule has 0 saturated heterocycles. The summed E-state index contributed by atoms with van der Waals surface area (Å²) < 4.78 is 9.98. The normalized spacial score (nSPS) is 11.4. The van der Waals surface area contributed by atoms with Gasteiger partial charge in [-0.25, -0.2) is 9.59 Å². The molecule has 0 heterocycles. The molecule has 0 aliphatic carbocycles. The second-order valence-corrected chi connectivity index (χ2v) is 3.81. The van der Waals surface area contributed by atoms with Crippen LogP contribution in [-0.2, 0) is 14.3 Å². The highest BCUT2D eigenvalue weighted by molar-refractivity contribution is 5.89. The van der Waals surface area contributed by atoms with Crippen molar-refractivity contribution in [1.29, 1.82) is 0 Å². The van der Waals surface area contributed by atoms with Crippen molar-refractivity contribution in [3.05, 3.63) is 42.5 Å². The van der Waals surface area contributed by atoms with Crippen LogP contribution in [0, 0.1) is 0 Å². The van der Waals surface area contributed by atoms with Gasteiger partial charge in [0, 0.05) is 12.5 Å². The van der Waals surface area contributed by atoms with E-state index in [2.05, 4.69) is 6.58 Å². The van der Waals surface area contributed by atoms with Crippen LogP contribution >= 0.6 is 0 Å². The minimum Gasteiger partial charge on any atom is -0.508 e. The van der Waals surface area contributed by atoms with Crippen molar-refractivity contribution >= 4 is 11.9 Å². The maximum absolute atomic E-state index is 11.8. The number of esters is 2. The third kappa shape index (κ3) is 4.83. The summed E-state index contributed by atoms with van der Waals surface area (Å²) in [6.45, 7) is 5.16. The van der Waals surface area contributed by atoms with Gasteiger partial charge in [0.15, 0.2) is 0 Å². The molecule has 19 heavy (non-hydrogen) atoms. The number of aromatic hydroxyl groups is 1. The lowest BCUT2D eigenvalue weighted by molar-refractivity contribution is -0.163. The van der Waals surface area contributed by atoms with Crippen LogP contribution in [0.5, 0.6) is 5.75 Å². The summed E-state index contributed by atoms with van der Waals surface area (Å²) in [4.78, 5) is 22.9. The summed E-state index contributed by atoms with van der Waals surface area (Å²) in [6.07, 6.45) is 1.18. The van der Waals surface area contributed by atoms with Gasteiger partial charge in [-0.2, -0.15) is 0 Å². The zero-order chi connectivity index (χ0) is 14.3. The monoisotopic (exact) mass is 264 g/mol. The smallest absolute Gasteiger partial charge is 0.341 e. The molecule has 1 N–H and O–H groups in total. The Balaban J connectivity index is 2.67. The van der Waals surface area contributed by atoms with E-state index in [0.29, 0.717) is 12.8 Å². The number of hydrogen-bond acceptors (Lipinski definition) is 5. The Morgan fingerprint density at radius 3 is 2.47 bits per heavy atom. The zero-order valence-electron chi connectivity index (χ0n) is 10.7. The van der Waals surface area contributed by atoms with Crippen LogP contribution in [0.1, 0.15) is 30.1 Å². The molecule has 1 rings (SSSR count). The lowest BCUT2D eigenvalue weighted by atomic mass is 10.2. The van der Waals surface area contributed by atoms with Gasteiger partial charge in [0.05, 0.1) is 5.56 Å². The molecule has 0 amide bonds. The van der Waals surface area contributed by atoms with Crippen molar-refractivity contribution in [2.75, 3.05) is 0 Å². The van der Waals surface area contributed by atoms with E-state index in [9.17, 15) is 9.59 Å². The molecule has 0 radical (unpaired) electrons. The first kappa shape index (κ1) is 14.8. The molecule has 102 valence electrons. The van der Waals surface area contributed by atoms with Gasteiger partial charge < -0.3 is 14.6 Å². The lowest BCUT2D eigenvalue weighted by Gasteiger charge is -2.16. The van der Waals surface area contributed by atoms with Gasteiger partial charge in [0.25, 0.3) is 0 Å². The van der Waals surface area contributed by atoms with Crippen LogP contribution in [0.15, 0.2) is 36.9 Å². The number of benzene rings is 1. The first-order chi connectivity index (χ1) is 9.06. The third-order valence-corrected chi connectivity index (χ3v) is 2.28. The minimum absolute atomic E-state index is 0.0553. The summed E-state index contributed by atoms with van der Waals surface area (Å²) in [5, 5.41) is 9.12. The van der Waals surface area contributed by atoms with Crippen LogP contribution in [0.4, 0.5) is 0 Å². The van der Waals surface area contributed by atoms with Gasteiger partial charge in [-0.3, -0.25) is 0 Å². The van der Waals surface area contributed by atoms with Crippen molar-refractivity contribution in [2.24, 2.45) is 0 Å². The van der Waals surface area contributed by atoms with Crippen LogP contribution < -0.4 is 0 Å². The number of phenols is 1. The fourth-order valence-corrected chi connectivity index (χ4v) is 1.34. The van der Waals surface area contributed by atoms with E-state index in [-0.39, 0.29) is 11.3 Å². The second-order valence-electron chi connectivity index (χ2n) is 3.81. The summed E-state index contributed by atoms with van der Waals surface area (Å²) in [5.41, 5.74) is 0.272. The third-order valence-electron chi connectivity index (χ3n) is 2.28. The highest BCUT2D eigenvalue weighted by Gasteiger charge is 2.18. The van der Waals surface area contributed by atoms with Crippen LogP contribution in [0.25, 0.3) is 0 Å². The average Bonchev–Trinajstić information content (AvgIpc) is 2.39. The van der Waals surface area contributed by atoms with Crippen LogP contribution in [0.3, 0.4) is 0 Å². The Labute approximate surface area is 111 Å². The number of phenolic OH excluding ortho intramolecular Hbond substituents is 1. The van der Waals surface area contributed by atoms with Crippen molar-refractivity contribution in [3.8, 4) is 5.75 Å². The predicted molar refractivity (Wildman–Crippen MR) is 68.5 cm³/mol. The van der Waals surface area contributed by atoms with E-state index in [1.807, 2.05) is 6.92 Å². The number of hydrogen-bond donors (Lipinski definition) is 1. The SMILES string of the molecule is C=CC(=O)OC(CCC)OC(=O)c1ccc(O)cc1. The molecule has 0 bridgehead atoms. The van der Waals surface area contributed by atoms with Crippen molar-refractivity contribution < 1.29 is 24.2 Å². The molecule has 5 heteroatoms. The summed E-state index contributed by atoms with van der Waals surface area (Å²) in [5.74, 6) is -1.20. The summed E-state index contributed by atoms with van der Waals surface area (Å²) in [7, 11) is 0. The molecule has 0 aliphatic heterocycles. The topological polar surface area (TPSA) is 72.8 Å². The Hall–Kier alpha value is -2.30. The molecular formula is C14H16O5. The minimum atomic E-state index is -0.934. The second kappa shape index (κ2) is 7.20. The van der Waals surface area contributed by atoms with Gasteiger partial charge in [0.2, 0.25) is 6.29 Å². The van der Waals surface area contributed by atoms with Crippen LogP contribution in [-0.4, -0.2) is 23.3 Å². The molecule has 1 aromatic rings. The predicted octanol–water partition coefficient (Wildman–Crippen LogP) is 2.40. The standard InChI is InChI=1S/C14H16O5/c1-3-5-13(18-12(16)4-2)19-14(17)10-6-8-11(15)9-7-10/h4,6-9,13,15H,2-3,5H2,1H3. The van der Waals surface area contributed by atoms with Crippen LogP contribution in [0.2, 0.25) is 0 Å². The maximum atomic E-state index is 11.8. The maximum Gasteiger partial charge on any atom is 0.341 e. The van der Waals surface area contributed by atoms with Gasteiger partial charge in [0.1, 0.15) is 5.75 Å². The molecule has 1 atom stereocenters. The highest BCUT2D eigenvalue weighted by Crippen LogP contribution is 2.13. The Morgan fingerprint density at radius 1 is 1.32 bits per heavy atom. The van der Waals surface area contributed by atoms with E-state index in [0.717, 1.165) is 6.08 Å². The van der Waals surface area contributed by atoms with Crippen molar-refractivity contribution in [2.45, 2.75) is 26.1 Å². The molecular weight excluding hydrogens is 248 g/mol. The molecule has 0 aliphatic rings. The van der Waals surface area contributed by atoms with Gasteiger partial charge in [-0.05, 0) is 30.7 Å². The van der Waals surface area contributed by atoms with Crippen molar-refractivity contribution in [3.63, 3.8) is 0 Å². The lowest BCUT2D eigenvalue weighted by Crippen LogP contribution is -2.23. The molecule has 0 saturated carbocycles.